The predicted molar refractivity (Wildman–Crippen MR) is 122 cm³/mol. The monoisotopic (exact) mass is 481 g/mol. The van der Waals surface area contributed by atoms with Crippen LogP contribution in [0, 0.1) is 6.92 Å². The molecule has 11 heteroatoms. The first-order valence-electron chi connectivity index (χ1n) is 11.4. The van der Waals surface area contributed by atoms with E-state index in [1.54, 1.807) is 6.20 Å². The maximum atomic E-state index is 13.0. The van der Waals surface area contributed by atoms with Crippen LogP contribution in [-0.2, 0) is 10.9 Å². The number of ether oxygens (including phenoxy) is 1. The fraction of sp³-hybridized carbons (Fsp3) is 0.375. The number of halogens is 3. The van der Waals surface area contributed by atoms with Crippen molar-refractivity contribution in [3.8, 4) is 11.3 Å². The van der Waals surface area contributed by atoms with Crippen molar-refractivity contribution >= 4 is 16.9 Å². The predicted octanol–water partition coefficient (Wildman–Crippen LogP) is 4.52. The van der Waals surface area contributed by atoms with E-state index >= 15 is 0 Å². The summed E-state index contributed by atoms with van der Waals surface area (Å²) in [5.41, 5.74) is 2.82. The van der Waals surface area contributed by atoms with E-state index in [1.807, 2.05) is 30.1 Å². The normalized spacial score (nSPS) is 18.9. The standard InChI is InChI=1S/C24H22F3N7O/c1-14-9-29-23-18(31-14)8-21(32-22(23)15-2-5-20(28-10-15)24(25,26)27)33-6-7-35-19(13-33)16-11-30-34(12-16)17-3-4-17/h2,5,8-12,17,19H,3-4,6-7,13H2,1H3/t19-/m1/s1. The second kappa shape index (κ2) is 8.26. The second-order valence-electron chi connectivity index (χ2n) is 8.93. The lowest BCUT2D eigenvalue weighted by Crippen LogP contribution is -2.38. The highest BCUT2D eigenvalue weighted by molar-refractivity contribution is 5.91. The topological polar surface area (TPSA) is 81.9 Å². The lowest BCUT2D eigenvalue weighted by Gasteiger charge is -2.33. The molecule has 4 aromatic heterocycles. The van der Waals surface area contributed by atoms with Crippen molar-refractivity contribution in [2.24, 2.45) is 0 Å². The number of aryl methyl sites for hydroxylation is 1. The van der Waals surface area contributed by atoms with E-state index in [0.29, 0.717) is 53.8 Å². The number of fused-ring (bicyclic) bond motifs is 1. The highest BCUT2D eigenvalue weighted by Gasteiger charge is 2.32. The molecule has 35 heavy (non-hydrogen) atoms. The Morgan fingerprint density at radius 2 is 1.91 bits per heavy atom. The average molecular weight is 481 g/mol. The van der Waals surface area contributed by atoms with Gasteiger partial charge >= 0.3 is 6.18 Å². The largest absolute Gasteiger partial charge is 0.433 e. The summed E-state index contributed by atoms with van der Waals surface area (Å²) in [6.45, 7) is 3.54. The summed E-state index contributed by atoms with van der Waals surface area (Å²) >= 11 is 0. The minimum atomic E-state index is -4.51. The molecule has 0 unspecified atom stereocenters. The number of morpholine rings is 1. The van der Waals surface area contributed by atoms with Crippen LogP contribution in [-0.4, -0.2) is 49.4 Å². The maximum absolute atomic E-state index is 13.0. The molecule has 180 valence electrons. The molecule has 1 saturated heterocycles. The lowest BCUT2D eigenvalue weighted by atomic mass is 10.1. The summed E-state index contributed by atoms with van der Waals surface area (Å²) in [5, 5.41) is 4.48. The third-order valence-electron chi connectivity index (χ3n) is 6.27. The van der Waals surface area contributed by atoms with Crippen LogP contribution in [0.5, 0.6) is 0 Å². The highest BCUT2D eigenvalue weighted by Crippen LogP contribution is 2.36. The van der Waals surface area contributed by atoms with Crippen LogP contribution in [0.25, 0.3) is 22.3 Å². The number of nitrogens with zero attached hydrogens (tertiary/aromatic N) is 7. The van der Waals surface area contributed by atoms with Crippen LogP contribution in [0.15, 0.2) is 43.0 Å². The van der Waals surface area contributed by atoms with E-state index in [1.165, 1.54) is 12.3 Å². The molecule has 1 aliphatic heterocycles. The molecule has 0 aromatic carbocycles. The van der Waals surface area contributed by atoms with Gasteiger partial charge in [0.15, 0.2) is 0 Å². The van der Waals surface area contributed by atoms with Crippen molar-refractivity contribution in [1.82, 2.24) is 29.7 Å². The molecule has 1 saturated carbocycles. The first-order chi connectivity index (χ1) is 16.8. The molecule has 1 atom stereocenters. The van der Waals surface area contributed by atoms with Crippen LogP contribution < -0.4 is 4.90 Å². The van der Waals surface area contributed by atoms with Gasteiger partial charge in [-0.15, -0.1) is 0 Å². The van der Waals surface area contributed by atoms with Crippen LogP contribution in [0.4, 0.5) is 19.0 Å². The molecule has 2 fully saturated rings. The summed E-state index contributed by atoms with van der Waals surface area (Å²) in [6.07, 6.45) is 4.35. The fourth-order valence-corrected chi connectivity index (χ4v) is 4.28. The third kappa shape index (κ3) is 4.31. The number of hydrogen-bond acceptors (Lipinski definition) is 7. The average Bonchev–Trinajstić information content (AvgIpc) is 3.59. The van der Waals surface area contributed by atoms with Crippen molar-refractivity contribution in [1.29, 1.82) is 0 Å². The molecule has 0 spiro atoms. The van der Waals surface area contributed by atoms with Gasteiger partial charge in [-0.3, -0.25) is 14.6 Å². The van der Waals surface area contributed by atoms with Gasteiger partial charge in [-0.2, -0.15) is 18.3 Å². The van der Waals surface area contributed by atoms with Gasteiger partial charge < -0.3 is 9.64 Å². The summed E-state index contributed by atoms with van der Waals surface area (Å²) in [5.74, 6) is 0.662. The molecule has 6 rings (SSSR count). The molecule has 1 aliphatic carbocycles. The number of alkyl halides is 3. The van der Waals surface area contributed by atoms with Crippen LogP contribution in [0.1, 0.15) is 41.9 Å². The lowest BCUT2D eigenvalue weighted by molar-refractivity contribution is -0.141. The Kier molecular flexibility index (Phi) is 5.17. The molecule has 4 aromatic rings. The number of pyridine rings is 2. The Labute approximate surface area is 198 Å². The van der Waals surface area contributed by atoms with Crippen molar-refractivity contribution in [2.45, 2.75) is 38.1 Å². The van der Waals surface area contributed by atoms with Gasteiger partial charge in [0.05, 0.1) is 30.1 Å². The third-order valence-corrected chi connectivity index (χ3v) is 6.27. The Morgan fingerprint density at radius 3 is 2.66 bits per heavy atom. The molecule has 2 aliphatic rings. The van der Waals surface area contributed by atoms with Crippen LogP contribution in [0.2, 0.25) is 0 Å². The molecule has 5 heterocycles. The summed E-state index contributed by atoms with van der Waals surface area (Å²) in [4.78, 5) is 19.6. The number of aromatic nitrogens is 6. The summed E-state index contributed by atoms with van der Waals surface area (Å²) in [6, 6.07) is 4.69. The molecular weight excluding hydrogens is 459 g/mol. The van der Waals surface area contributed by atoms with E-state index in [4.69, 9.17) is 9.72 Å². The van der Waals surface area contributed by atoms with Gasteiger partial charge in [-0.1, -0.05) is 0 Å². The van der Waals surface area contributed by atoms with Gasteiger partial charge in [0.1, 0.15) is 28.8 Å². The van der Waals surface area contributed by atoms with Gasteiger partial charge in [0.2, 0.25) is 0 Å². The van der Waals surface area contributed by atoms with Crippen molar-refractivity contribution in [2.75, 3.05) is 24.6 Å². The first-order valence-corrected chi connectivity index (χ1v) is 11.4. The quantitative estimate of drug-likeness (QED) is 0.424. The van der Waals surface area contributed by atoms with Crippen LogP contribution >= 0.6 is 0 Å². The molecule has 0 bridgehead atoms. The van der Waals surface area contributed by atoms with E-state index in [2.05, 4.69) is 25.0 Å². The molecular formula is C24H22F3N7O. The molecule has 8 nitrogen and oxygen atoms in total. The smallest absolute Gasteiger partial charge is 0.370 e. The van der Waals surface area contributed by atoms with Gasteiger partial charge in [0.25, 0.3) is 0 Å². The van der Waals surface area contributed by atoms with E-state index in [9.17, 15) is 13.2 Å². The first kappa shape index (κ1) is 21.9. The molecule has 0 radical (unpaired) electrons. The highest BCUT2D eigenvalue weighted by atomic mass is 19.4. The Hall–Kier alpha value is -3.60. The number of rotatable bonds is 4. The number of hydrogen-bond donors (Lipinski definition) is 0. The zero-order chi connectivity index (χ0) is 24.2. The van der Waals surface area contributed by atoms with E-state index in [0.717, 1.165) is 30.2 Å². The zero-order valence-electron chi connectivity index (χ0n) is 18.9. The Bertz CT molecular complexity index is 1380. The maximum Gasteiger partial charge on any atom is 0.433 e. The minimum absolute atomic E-state index is 0.159. The summed E-state index contributed by atoms with van der Waals surface area (Å²) < 4.78 is 47.1. The zero-order valence-corrected chi connectivity index (χ0v) is 18.9. The Balaban J connectivity index is 1.36. The van der Waals surface area contributed by atoms with E-state index < -0.39 is 11.9 Å². The van der Waals surface area contributed by atoms with Gasteiger partial charge in [-0.05, 0) is 31.9 Å². The van der Waals surface area contributed by atoms with E-state index in [-0.39, 0.29) is 6.10 Å². The number of anilines is 1. The van der Waals surface area contributed by atoms with Crippen LogP contribution in [0.3, 0.4) is 0 Å². The SMILES string of the molecule is Cc1cnc2c(-c3ccc(C(F)(F)F)nc3)nc(N3CCO[C@@H](c4cnn(C5CC5)c4)C3)cc2n1. The molecule has 0 amide bonds. The van der Waals surface area contributed by atoms with Gasteiger partial charge in [-0.25, -0.2) is 9.97 Å². The van der Waals surface area contributed by atoms with Crippen molar-refractivity contribution in [3.05, 3.63) is 59.9 Å². The van der Waals surface area contributed by atoms with Crippen molar-refractivity contribution in [3.63, 3.8) is 0 Å². The van der Waals surface area contributed by atoms with Gasteiger partial charge in [0, 0.05) is 48.9 Å². The minimum Gasteiger partial charge on any atom is -0.370 e. The fourth-order valence-electron chi connectivity index (χ4n) is 4.28. The summed E-state index contributed by atoms with van der Waals surface area (Å²) in [7, 11) is 0. The second-order valence-corrected chi connectivity index (χ2v) is 8.93. The Morgan fingerprint density at radius 1 is 1.06 bits per heavy atom. The molecule has 0 N–H and O–H groups in total. The van der Waals surface area contributed by atoms with Crippen molar-refractivity contribution < 1.29 is 17.9 Å².